The number of hydrogen-bond acceptors (Lipinski definition) is 3. The second-order valence-electron chi connectivity index (χ2n) is 4.28. The molecule has 0 aliphatic carbocycles. The van der Waals surface area contributed by atoms with Gasteiger partial charge in [-0.05, 0) is 31.2 Å². The van der Waals surface area contributed by atoms with E-state index in [0.29, 0.717) is 18.0 Å². The molecule has 0 unspecified atom stereocenters. The van der Waals surface area contributed by atoms with E-state index in [1.807, 2.05) is 13.8 Å². The van der Waals surface area contributed by atoms with Crippen molar-refractivity contribution in [3.63, 3.8) is 0 Å². The van der Waals surface area contributed by atoms with Gasteiger partial charge in [0.2, 0.25) is 0 Å². The Bertz CT molecular complexity index is 558. The molecule has 0 spiro atoms. The molecule has 1 aromatic heterocycles. The van der Waals surface area contributed by atoms with Crippen LogP contribution in [0, 0.1) is 12.7 Å². The number of benzene rings is 1. The van der Waals surface area contributed by atoms with Crippen LogP contribution in [0.4, 0.5) is 4.39 Å². The summed E-state index contributed by atoms with van der Waals surface area (Å²) < 4.78 is 19.0. The summed E-state index contributed by atoms with van der Waals surface area (Å²) in [6, 6.07) is 6.31. The third kappa shape index (κ3) is 3.51. The van der Waals surface area contributed by atoms with Gasteiger partial charge in [-0.1, -0.05) is 13.0 Å². The zero-order valence-corrected chi connectivity index (χ0v) is 11.1. The number of pyridine rings is 1. The number of aryl methyl sites for hydroxylation is 1. The molecule has 0 amide bonds. The van der Waals surface area contributed by atoms with Gasteiger partial charge in [0.05, 0.1) is 0 Å². The fourth-order valence-corrected chi connectivity index (χ4v) is 1.71. The highest BCUT2D eigenvalue weighted by molar-refractivity contribution is 5.39. The number of rotatable bonds is 5. The van der Waals surface area contributed by atoms with E-state index in [1.54, 1.807) is 24.5 Å². The van der Waals surface area contributed by atoms with Gasteiger partial charge in [0.15, 0.2) is 0 Å². The van der Waals surface area contributed by atoms with Crippen LogP contribution in [0.2, 0.25) is 0 Å². The molecule has 0 radical (unpaired) electrons. The molecule has 0 aliphatic heterocycles. The first-order valence-corrected chi connectivity index (χ1v) is 6.28. The quantitative estimate of drug-likeness (QED) is 0.894. The SMILES string of the molecule is CCNCc1cnccc1Oc1cc(F)ccc1C. The van der Waals surface area contributed by atoms with E-state index < -0.39 is 0 Å². The second kappa shape index (κ2) is 6.29. The van der Waals surface area contributed by atoms with E-state index in [2.05, 4.69) is 10.3 Å². The predicted molar refractivity (Wildman–Crippen MR) is 72.8 cm³/mol. The van der Waals surface area contributed by atoms with E-state index in [-0.39, 0.29) is 5.82 Å². The van der Waals surface area contributed by atoms with Crippen LogP contribution >= 0.6 is 0 Å². The Morgan fingerprint density at radius 3 is 2.89 bits per heavy atom. The number of nitrogens with one attached hydrogen (secondary N) is 1. The number of halogens is 1. The maximum atomic E-state index is 13.2. The van der Waals surface area contributed by atoms with E-state index in [9.17, 15) is 4.39 Å². The first-order chi connectivity index (χ1) is 9.20. The maximum Gasteiger partial charge on any atom is 0.135 e. The van der Waals surface area contributed by atoms with Crippen molar-refractivity contribution in [3.8, 4) is 11.5 Å². The summed E-state index contributed by atoms with van der Waals surface area (Å²) in [5, 5.41) is 3.22. The van der Waals surface area contributed by atoms with Crippen molar-refractivity contribution in [2.75, 3.05) is 6.54 Å². The minimum atomic E-state index is -0.303. The average molecular weight is 260 g/mol. The number of ether oxygens (including phenoxy) is 1. The monoisotopic (exact) mass is 260 g/mol. The Morgan fingerprint density at radius 1 is 1.26 bits per heavy atom. The van der Waals surface area contributed by atoms with Crippen molar-refractivity contribution in [1.82, 2.24) is 10.3 Å². The van der Waals surface area contributed by atoms with Gasteiger partial charge in [-0.15, -0.1) is 0 Å². The van der Waals surface area contributed by atoms with Gasteiger partial charge in [0.25, 0.3) is 0 Å². The number of hydrogen-bond donors (Lipinski definition) is 1. The van der Waals surface area contributed by atoms with Crippen LogP contribution < -0.4 is 10.1 Å². The standard InChI is InChI=1S/C15H17FN2O/c1-3-17-9-12-10-18-7-6-14(12)19-15-8-13(16)5-4-11(15)2/h4-8,10,17H,3,9H2,1-2H3. The average Bonchev–Trinajstić information content (AvgIpc) is 2.42. The molecule has 0 fully saturated rings. The van der Waals surface area contributed by atoms with Crippen LogP contribution in [0.15, 0.2) is 36.7 Å². The van der Waals surface area contributed by atoms with Crippen molar-refractivity contribution < 1.29 is 9.13 Å². The van der Waals surface area contributed by atoms with Crippen molar-refractivity contribution in [2.24, 2.45) is 0 Å². The highest BCUT2D eigenvalue weighted by atomic mass is 19.1. The zero-order chi connectivity index (χ0) is 13.7. The smallest absolute Gasteiger partial charge is 0.135 e. The van der Waals surface area contributed by atoms with E-state index >= 15 is 0 Å². The summed E-state index contributed by atoms with van der Waals surface area (Å²) in [6.45, 7) is 5.47. The topological polar surface area (TPSA) is 34.2 Å². The highest BCUT2D eigenvalue weighted by Gasteiger charge is 2.07. The summed E-state index contributed by atoms with van der Waals surface area (Å²) in [4.78, 5) is 4.09. The molecule has 0 saturated heterocycles. The van der Waals surface area contributed by atoms with Gasteiger partial charge in [-0.25, -0.2) is 4.39 Å². The first-order valence-electron chi connectivity index (χ1n) is 6.28. The van der Waals surface area contributed by atoms with Crippen molar-refractivity contribution >= 4 is 0 Å². The molecule has 0 aliphatic rings. The van der Waals surface area contributed by atoms with Gasteiger partial charge in [0, 0.05) is 30.6 Å². The normalized spacial score (nSPS) is 10.5. The largest absolute Gasteiger partial charge is 0.457 e. The van der Waals surface area contributed by atoms with Gasteiger partial charge >= 0.3 is 0 Å². The Morgan fingerprint density at radius 2 is 2.11 bits per heavy atom. The molecular weight excluding hydrogens is 243 g/mol. The lowest BCUT2D eigenvalue weighted by Gasteiger charge is -2.12. The van der Waals surface area contributed by atoms with Gasteiger partial charge in [0.1, 0.15) is 17.3 Å². The molecule has 0 atom stereocenters. The highest BCUT2D eigenvalue weighted by Crippen LogP contribution is 2.27. The molecule has 1 N–H and O–H groups in total. The van der Waals surface area contributed by atoms with Crippen molar-refractivity contribution in [3.05, 3.63) is 53.6 Å². The second-order valence-corrected chi connectivity index (χ2v) is 4.28. The molecule has 1 aromatic carbocycles. The third-order valence-corrected chi connectivity index (χ3v) is 2.79. The minimum Gasteiger partial charge on any atom is -0.457 e. The molecule has 0 saturated carbocycles. The molecule has 0 bridgehead atoms. The summed E-state index contributed by atoms with van der Waals surface area (Å²) in [5.74, 6) is 0.927. The van der Waals surface area contributed by atoms with Crippen LogP contribution in [-0.4, -0.2) is 11.5 Å². The van der Waals surface area contributed by atoms with Crippen molar-refractivity contribution in [2.45, 2.75) is 20.4 Å². The van der Waals surface area contributed by atoms with E-state index in [1.165, 1.54) is 12.1 Å². The van der Waals surface area contributed by atoms with Crippen LogP contribution in [0.25, 0.3) is 0 Å². The van der Waals surface area contributed by atoms with Crippen LogP contribution in [0.1, 0.15) is 18.1 Å². The lowest BCUT2D eigenvalue weighted by Crippen LogP contribution is -2.12. The molecule has 3 nitrogen and oxygen atoms in total. The third-order valence-electron chi connectivity index (χ3n) is 2.79. The van der Waals surface area contributed by atoms with Crippen LogP contribution in [0.5, 0.6) is 11.5 Å². The van der Waals surface area contributed by atoms with Gasteiger partial charge in [-0.2, -0.15) is 0 Å². The molecule has 19 heavy (non-hydrogen) atoms. The maximum absolute atomic E-state index is 13.2. The number of nitrogens with zero attached hydrogens (tertiary/aromatic N) is 1. The van der Waals surface area contributed by atoms with Gasteiger partial charge in [-0.3, -0.25) is 4.98 Å². The lowest BCUT2D eigenvalue weighted by molar-refractivity contribution is 0.463. The molecule has 2 aromatic rings. The summed E-state index contributed by atoms with van der Waals surface area (Å²) in [6.07, 6.45) is 3.42. The van der Waals surface area contributed by atoms with Crippen molar-refractivity contribution in [1.29, 1.82) is 0 Å². The minimum absolute atomic E-state index is 0.303. The molecule has 4 heteroatoms. The fraction of sp³-hybridized carbons (Fsp3) is 0.267. The van der Waals surface area contributed by atoms with Gasteiger partial charge < -0.3 is 10.1 Å². The zero-order valence-electron chi connectivity index (χ0n) is 11.1. The summed E-state index contributed by atoms with van der Waals surface area (Å²) in [7, 11) is 0. The Hall–Kier alpha value is -1.94. The predicted octanol–water partition coefficient (Wildman–Crippen LogP) is 3.43. The van der Waals surface area contributed by atoms with Crippen LogP contribution in [0.3, 0.4) is 0 Å². The summed E-state index contributed by atoms with van der Waals surface area (Å²) in [5.41, 5.74) is 1.85. The number of aromatic nitrogens is 1. The fourth-order valence-electron chi connectivity index (χ4n) is 1.71. The lowest BCUT2D eigenvalue weighted by atomic mass is 10.2. The van der Waals surface area contributed by atoms with E-state index in [0.717, 1.165) is 17.7 Å². The first kappa shape index (κ1) is 13.5. The Labute approximate surface area is 112 Å². The molecule has 100 valence electrons. The Kier molecular flexibility index (Phi) is 4.47. The molecule has 1 heterocycles. The molecular formula is C15H17FN2O. The Balaban J connectivity index is 2.25. The molecule has 2 rings (SSSR count). The van der Waals surface area contributed by atoms with Crippen LogP contribution in [-0.2, 0) is 6.54 Å². The van der Waals surface area contributed by atoms with E-state index in [4.69, 9.17) is 4.74 Å². The summed E-state index contributed by atoms with van der Waals surface area (Å²) >= 11 is 0.